The number of benzene rings is 1. The highest BCUT2D eigenvalue weighted by Crippen LogP contribution is 2.55. The van der Waals surface area contributed by atoms with Crippen LogP contribution in [0.1, 0.15) is 67.7 Å². The Kier molecular flexibility index (Phi) is 5.31. The Hall–Kier alpha value is -2.69. The zero-order chi connectivity index (χ0) is 22.5. The number of carbonyl (C=O) groups excluding carboxylic acids is 2. The number of likely N-dealkylation sites (tertiary alicyclic amines) is 2. The van der Waals surface area contributed by atoms with Crippen molar-refractivity contribution < 1.29 is 9.59 Å². The van der Waals surface area contributed by atoms with Crippen molar-refractivity contribution in [3.05, 3.63) is 65.5 Å². The van der Waals surface area contributed by atoms with E-state index in [1.165, 1.54) is 5.56 Å². The van der Waals surface area contributed by atoms with Gasteiger partial charge in [-0.25, -0.2) is 4.98 Å². The van der Waals surface area contributed by atoms with E-state index >= 15 is 0 Å². The van der Waals surface area contributed by atoms with Crippen molar-refractivity contribution in [3.8, 4) is 0 Å². The Morgan fingerprint density at radius 2 is 1.69 bits per heavy atom. The number of amides is 2. The lowest BCUT2D eigenvalue weighted by Crippen LogP contribution is -2.62. The summed E-state index contributed by atoms with van der Waals surface area (Å²) in [5.74, 6) is 0.159. The molecule has 3 fully saturated rings. The van der Waals surface area contributed by atoms with E-state index in [-0.39, 0.29) is 41.4 Å². The fourth-order valence-electron chi connectivity index (χ4n) is 6.89. The Bertz CT molecular complexity index is 1020. The molecule has 2 aromatic rings. The van der Waals surface area contributed by atoms with Crippen LogP contribution in [0.5, 0.6) is 0 Å². The van der Waals surface area contributed by atoms with Gasteiger partial charge in [-0.1, -0.05) is 56.2 Å². The maximum Gasteiger partial charge on any atom is 0.273 e. The van der Waals surface area contributed by atoms with Gasteiger partial charge in [-0.05, 0) is 50.3 Å². The van der Waals surface area contributed by atoms with Crippen LogP contribution in [0.15, 0.2) is 48.5 Å². The predicted molar refractivity (Wildman–Crippen MR) is 124 cm³/mol. The van der Waals surface area contributed by atoms with Crippen LogP contribution in [0, 0.1) is 12.3 Å². The third kappa shape index (κ3) is 3.33. The van der Waals surface area contributed by atoms with E-state index < -0.39 is 0 Å². The van der Waals surface area contributed by atoms with E-state index in [1.807, 2.05) is 31.2 Å². The van der Waals surface area contributed by atoms with Gasteiger partial charge in [-0.2, -0.15) is 0 Å². The molecule has 32 heavy (non-hydrogen) atoms. The summed E-state index contributed by atoms with van der Waals surface area (Å²) < 4.78 is 0. The summed E-state index contributed by atoms with van der Waals surface area (Å²) in [6, 6.07) is 16.4. The zero-order valence-electron chi connectivity index (χ0n) is 19.3. The minimum absolute atomic E-state index is 0.0154. The van der Waals surface area contributed by atoms with E-state index in [9.17, 15) is 9.59 Å². The lowest BCUT2D eigenvalue weighted by atomic mass is 9.69. The average Bonchev–Trinajstić information content (AvgIpc) is 2.93. The molecule has 0 unspecified atom stereocenters. The second kappa shape index (κ2) is 8.02. The van der Waals surface area contributed by atoms with Gasteiger partial charge in [0.1, 0.15) is 5.69 Å². The molecular weight excluding hydrogens is 398 g/mol. The summed E-state index contributed by atoms with van der Waals surface area (Å²) in [7, 11) is 0. The fourth-order valence-corrected chi connectivity index (χ4v) is 6.89. The lowest BCUT2D eigenvalue weighted by molar-refractivity contribution is -0.132. The maximum atomic E-state index is 14.1. The Labute approximate surface area is 190 Å². The third-order valence-corrected chi connectivity index (χ3v) is 8.20. The molecule has 5 heteroatoms. The molecule has 0 spiro atoms. The van der Waals surface area contributed by atoms with Crippen LogP contribution in [0.4, 0.5) is 0 Å². The molecule has 1 saturated carbocycles. The first-order valence-corrected chi connectivity index (χ1v) is 12.0. The van der Waals surface area contributed by atoms with Crippen LogP contribution in [0.2, 0.25) is 0 Å². The maximum absolute atomic E-state index is 14.1. The smallest absolute Gasteiger partial charge is 0.273 e. The summed E-state index contributed by atoms with van der Waals surface area (Å²) >= 11 is 0. The summed E-state index contributed by atoms with van der Waals surface area (Å²) in [6.45, 7) is 5.96. The topological polar surface area (TPSA) is 53.5 Å². The molecule has 0 N–H and O–H groups in total. The van der Waals surface area contributed by atoms with E-state index in [0.717, 1.165) is 44.2 Å². The van der Waals surface area contributed by atoms with Gasteiger partial charge < -0.3 is 9.80 Å². The number of hydrogen-bond acceptors (Lipinski definition) is 3. The number of aromatic nitrogens is 1. The van der Waals surface area contributed by atoms with Crippen LogP contribution < -0.4 is 0 Å². The molecule has 3 heterocycles. The van der Waals surface area contributed by atoms with Crippen LogP contribution in [-0.2, 0) is 11.2 Å². The first-order chi connectivity index (χ1) is 15.4. The first-order valence-electron chi connectivity index (χ1n) is 12.0. The Morgan fingerprint density at radius 1 is 1.00 bits per heavy atom. The highest BCUT2D eigenvalue weighted by molar-refractivity contribution is 5.93. The number of fused-ring (bicyclic) bond motifs is 1. The zero-order valence-corrected chi connectivity index (χ0v) is 19.3. The molecule has 3 aliphatic rings. The Morgan fingerprint density at radius 3 is 2.34 bits per heavy atom. The summed E-state index contributed by atoms with van der Waals surface area (Å²) in [5.41, 5.74) is 2.51. The van der Waals surface area contributed by atoms with Crippen LogP contribution in [-0.4, -0.2) is 50.8 Å². The van der Waals surface area contributed by atoms with Gasteiger partial charge in [0.15, 0.2) is 0 Å². The van der Waals surface area contributed by atoms with Crippen LogP contribution in [0.3, 0.4) is 0 Å². The Balaban J connectivity index is 1.64. The van der Waals surface area contributed by atoms with Gasteiger partial charge >= 0.3 is 0 Å². The van der Waals surface area contributed by atoms with Crippen molar-refractivity contribution >= 4 is 11.8 Å². The molecule has 2 bridgehead atoms. The SMILES string of the molecule is CC(=O)N1[C@H]2CCCC[C@H]3N(C(=O)c4cccc(C)n4)[C@@H](Cc4ccccc4)[C@@H]1C[C@@]23C. The van der Waals surface area contributed by atoms with Crippen LogP contribution in [0.25, 0.3) is 0 Å². The van der Waals surface area contributed by atoms with Gasteiger partial charge in [0, 0.05) is 30.1 Å². The highest BCUT2D eigenvalue weighted by Gasteiger charge is 2.63. The van der Waals surface area contributed by atoms with Crippen molar-refractivity contribution in [2.24, 2.45) is 5.41 Å². The number of rotatable bonds is 3. The number of piperidine rings is 1. The quantitative estimate of drug-likeness (QED) is 0.724. The van der Waals surface area contributed by atoms with E-state index in [0.29, 0.717) is 5.69 Å². The predicted octanol–water partition coefficient (Wildman–Crippen LogP) is 4.40. The molecule has 1 aromatic heterocycles. The van der Waals surface area contributed by atoms with Crippen molar-refractivity contribution in [2.45, 2.75) is 83.5 Å². The summed E-state index contributed by atoms with van der Waals surface area (Å²) in [4.78, 5) is 35.9. The van der Waals surface area contributed by atoms with Gasteiger partial charge in [-0.3, -0.25) is 9.59 Å². The molecule has 2 aliphatic heterocycles. The molecule has 2 amide bonds. The summed E-state index contributed by atoms with van der Waals surface area (Å²) in [6.07, 6.45) is 5.97. The minimum atomic E-state index is -0.0699. The first kappa shape index (κ1) is 21.2. The van der Waals surface area contributed by atoms with Crippen molar-refractivity contribution in [1.82, 2.24) is 14.8 Å². The molecule has 5 rings (SSSR count). The van der Waals surface area contributed by atoms with E-state index in [4.69, 9.17) is 0 Å². The van der Waals surface area contributed by atoms with Gasteiger partial charge in [0.2, 0.25) is 5.91 Å². The molecule has 5 nitrogen and oxygen atoms in total. The number of carbonyl (C=O) groups is 2. The largest absolute Gasteiger partial charge is 0.334 e. The number of pyridine rings is 1. The number of aryl methyl sites for hydroxylation is 1. The van der Waals surface area contributed by atoms with Crippen molar-refractivity contribution in [2.75, 3.05) is 0 Å². The second-order valence-electron chi connectivity index (χ2n) is 10.2. The number of nitrogens with zero attached hydrogens (tertiary/aromatic N) is 3. The molecule has 168 valence electrons. The molecule has 2 saturated heterocycles. The van der Waals surface area contributed by atoms with E-state index in [2.05, 4.69) is 46.0 Å². The molecule has 5 atom stereocenters. The number of hydrogen-bond donors (Lipinski definition) is 0. The highest BCUT2D eigenvalue weighted by atomic mass is 16.2. The fraction of sp³-hybridized carbons (Fsp3) is 0.519. The average molecular weight is 432 g/mol. The van der Waals surface area contributed by atoms with Gasteiger partial charge in [0.25, 0.3) is 5.91 Å². The van der Waals surface area contributed by atoms with Gasteiger partial charge in [-0.15, -0.1) is 0 Å². The van der Waals surface area contributed by atoms with Crippen LogP contribution >= 0.6 is 0 Å². The van der Waals surface area contributed by atoms with Crippen molar-refractivity contribution in [3.63, 3.8) is 0 Å². The minimum Gasteiger partial charge on any atom is -0.334 e. The van der Waals surface area contributed by atoms with Gasteiger partial charge in [0.05, 0.1) is 12.1 Å². The van der Waals surface area contributed by atoms with Crippen molar-refractivity contribution in [1.29, 1.82) is 0 Å². The van der Waals surface area contributed by atoms with E-state index in [1.54, 1.807) is 6.92 Å². The lowest BCUT2D eigenvalue weighted by Gasteiger charge is -2.50. The third-order valence-electron chi connectivity index (χ3n) is 8.20. The normalized spacial score (nSPS) is 31.3. The monoisotopic (exact) mass is 431 g/mol. The second-order valence-corrected chi connectivity index (χ2v) is 10.2. The summed E-state index contributed by atoms with van der Waals surface area (Å²) in [5, 5.41) is 0. The standard InChI is InChI=1S/C27H33N3O2/c1-18-10-9-13-21(28-18)26(32)30-22(16-20-11-5-4-6-12-20)23-17-27(3)24(29(23)19(2)31)14-7-8-15-25(27)30/h4-6,9-13,22-25H,7-8,14-17H2,1-3H3/t22-,23-,24-,25+,27-/m0/s1. The molecule has 1 aliphatic carbocycles. The molecule has 0 radical (unpaired) electrons. The molecule has 1 aromatic carbocycles. The molecular formula is C27H33N3O2.